The van der Waals surface area contributed by atoms with Crippen molar-refractivity contribution in [3.05, 3.63) is 42.2 Å². The summed E-state index contributed by atoms with van der Waals surface area (Å²) in [5.41, 5.74) is 0.755. The van der Waals surface area contributed by atoms with Gasteiger partial charge in [0.05, 0.1) is 6.20 Å². The molecule has 1 aromatic carbocycles. The van der Waals surface area contributed by atoms with E-state index in [2.05, 4.69) is 10.3 Å². The summed E-state index contributed by atoms with van der Waals surface area (Å²) in [6, 6.07) is 6.21. The van der Waals surface area contributed by atoms with Gasteiger partial charge in [-0.05, 0) is 55.9 Å². The average Bonchev–Trinajstić information content (AvgIpc) is 3.10. The largest absolute Gasteiger partial charge is 0.441 e. The molecule has 0 radical (unpaired) electrons. The lowest BCUT2D eigenvalue weighted by molar-refractivity contribution is -0.122. The monoisotopic (exact) mass is 346 g/mol. The molecule has 0 atom stereocenters. The number of aliphatic hydroxyl groups excluding tert-OH is 1. The minimum Gasteiger partial charge on any atom is -0.441 e. The molecule has 0 aliphatic heterocycles. The fourth-order valence-corrected chi connectivity index (χ4v) is 3.18. The molecular weight excluding hydrogens is 323 g/mol. The van der Waals surface area contributed by atoms with Crippen molar-refractivity contribution in [3.8, 4) is 11.3 Å². The molecule has 3 rings (SSSR count). The number of carbonyl (C=O) groups is 1. The van der Waals surface area contributed by atoms with Crippen LogP contribution < -0.4 is 5.32 Å². The summed E-state index contributed by atoms with van der Waals surface area (Å²) in [5.74, 6) is 1.14. The topological polar surface area (TPSA) is 75.4 Å². The zero-order valence-corrected chi connectivity index (χ0v) is 14.1. The standard InChI is InChI=1S/C19H23FN2O3/c20-15-5-3-14(4-6-15)17-11-21-19(25-17)10-9-18(24)22-16-7-1-13(12-23)2-8-16/h3-6,11,13,16,23H,1-2,7-10,12H2,(H,22,24). The van der Waals surface area contributed by atoms with Gasteiger partial charge in [-0.15, -0.1) is 0 Å². The summed E-state index contributed by atoms with van der Waals surface area (Å²) in [6.45, 7) is 0.237. The van der Waals surface area contributed by atoms with E-state index in [0.29, 0.717) is 30.4 Å². The maximum atomic E-state index is 12.9. The first-order chi connectivity index (χ1) is 12.1. The number of nitrogens with one attached hydrogen (secondary N) is 1. The molecule has 134 valence electrons. The zero-order valence-electron chi connectivity index (χ0n) is 14.1. The van der Waals surface area contributed by atoms with Gasteiger partial charge in [-0.1, -0.05) is 0 Å². The van der Waals surface area contributed by atoms with E-state index in [1.165, 1.54) is 12.1 Å². The lowest BCUT2D eigenvalue weighted by Crippen LogP contribution is -2.38. The van der Waals surface area contributed by atoms with E-state index < -0.39 is 0 Å². The van der Waals surface area contributed by atoms with Crippen LogP contribution in [0.5, 0.6) is 0 Å². The lowest BCUT2D eigenvalue weighted by Gasteiger charge is -2.27. The molecule has 6 heteroatoms. The number of nitrogens with zero attached hydrogens (tertiary/aromatic N) is 1. The van der Waals surface area contributed by atoms with Crippen molar-refractivity contribution in [2.75, 3.05) is 6.61 Å². The van der Waals surface area contributed by atoms with Gasteiger partial charge in [0, 0.05) is 31.1 Å². The minimum atomic E-state index is -0.298. The van der Waals surface area contributed by atoms with Gasteiger partial charge in [0.25, 0.3) is 0 Å². The molecule has 1 saturated carbocycles. The van der Waals surface area contributed by atoms with Gasteiger partial charge in [-0.2, -0.15) is 0 Å². The first-order valence-electron chi connectivity index (χ1n) is 8.75. The molecule has 1 aliphatic carbocycles. The number of halogens is 1. The van der Waals surface area contributed by atoms with Crippen LogP contribution >= 0.6 is 0 Å². The van der Waals surface area contributed by atoms with Crippen molar-refractivity contribution < 1.29 is 18.7 Å². The highest BCUT2D eigenvalue weighted by Gasteiger charge is 2.21. The van der Waals surface area contributed by atoms with Gasteiger partial charge < -0.3 is 14.8 Å². The first kappa shape index (κ1) is 17.6. The maximum Gasteiger partial charge on any atom is 0.220 e. The number of aryl methyl sites for hydroxylation is 1. The molecule has 1 fully saturated rings. The molecule has 2 N–H and O–H groups in total. The molecule has 1 aliphatic rings. The zero-order chi connectivity index (χ0) is 17.6. The van der Waals surface area contributed by atoms with Gasteiger partial charge in [-0.25, -0.2) is 9.37 Å². The van der Waals surface area contributed by atoms with E-state index in [1.807, 2.05) is 0 Å². The molecular formula is C19H23FN2O3. The first-order valence-corrected chi connectivity index (χ1v) is 8.75. The predicted molar refractivity (Wildman–Crippen MR) is 91.2 cm³/mol. The molecule has 1 heterocycles. The van der Waals surface area contributed by atoms with Crippen molar-refractivity contribution in [3.63, 3.8) is 0 Å². The number of hydrogen-bond acceptors (Lipinski definition) is 4. The summed E-state index contributed by atoms with van der Waals surface area (Å²) < 4.78 is 18.6. The molecule has 2 aromatic rings. The Bertz CT molecular complexity index is 691. The van der Waals surface area contributed by atoms with Crippen LogP contribution in [0.1, 0.15) is 38.0 Å². The van der Waals surface area contributed by atoms with Gasteiger partial charge in [-0.3, -0.25) is 4.79 Å². The molecule has 0 spiro atoms. The number of rotatable bonds is 6. The van der Waals surface area contributed by atoms with Crippen LogP contribution in [-0.4, -0.2) is 28.6 Å². The summed E-state index contributed by atoms with van der Waals surface area (Å²) in [7, 11) is 0. The maximum absolute atomic E-state index is 12.9. The Kier molecular flexibility index (Phi) is 5.81. The average molecular weight is 346 g/mol. The number of hydrogen-bond donors (Lipinski definition) is 2. The fourth-order valence-electron chi connectivity index (χ4n) is 3.18. The number of carbonyl (C=O) groups excluding carboxylic acids is 1. The third-order valence-corrected chi connectivity index (χ3v) is 4.72. The number of benzene rings is 1. The molecule has 1 aromatic heterocycles. The van der Waals surface area contributed by atoms with Crippen molar-refractivity contribution in [1.82, 2.24) is 10.3 Å². The SMILES string of the molecule is O=C(CCc1ncc(-c2ccc(F)cc2)o1)NC1CCC(CO)CC1. The Hall–Kier alpha value is -2.21. The van der Waals surface area contributed by atoms with Crippen LogP contribution in [0, 0.1) is 11.7 Å². The van der Waals surface area contributed by atoms with Crippen molar-refractivity contribution in [2.45, 2.75) is 44.6 Å². The highest BCUT2D eigenvalue weighted by Crippen LogP contribution is 2.24. The highest BCUT2D eigenvalue weighted by molar-refractivity contribution is 5.76. The predicted octanol–water partition coefficient (Wildman–Crippen LogP) is 3.08. The van der Waals surface area contributed by atoms with Gasteiger partial charge in [0.15, 0.2) is 11.7 Å². The van der Waals surface area contributed by atoms with E-state index in [1.54, 1.807) is 18.3 Å². The molecule has 0 bridgehead atoms. The van der Waals surface area contributed by atoms with Crippen LogP contribution in [0.15, 0.2) is 34.9 Å². The van der Waals surface area contributed by atoms with E-state index in [0.717, 1.165) is 31.2 Å². The second kappa shape index (κ2) is 8.25. The Morgan fingerprint density at radius 1 is 1.24 bits per heavy atom. The van der Waals surface area contributed by atoms with Crippen molar-refractivity contribution in [2.24, 2.45) is 5.92 Å². The summed E-state index contributed by atoms with van der Waals surface area (Å²) >= 11 is 0. The smallest absolute Gasteiger partial charge is 0.220 e. The third kappa shape index (κ3) is 4.89. The number of aliphatic hydroxyl groups is 1. The number of amides is 1. The summed E-state index contributed by atoms with van der Waals surface area (Å²) in [4.78, 5) is 16.3. The van der Waals surface area contributed by atoms with Crippen LogP contribution in [0.4, 0.5) is 4.39 Å². The second-order valence-electron chi connectivity index (χ2n) is 6.59. The molecule has 0 saturated heterocycles. The number of oxazole rings is 1. The Labute approximate surface area is 146 Å². The lowest BCUT2D eigenvalue weighted by atomic mass is 9.86. The summed E-state index contributed by atoms with van der Waals surface area (Å²) in [5, 5.41) is 12.2. The minimum absolute atomic E-state index is 0.00557. The normalized spacial score (nSPS) is 20.4. The fraction of sp³-hybridized carbons (Fsp3) is 0.474. The Morgan fingerprint density at radius 3 is 2.64 bits per heavy atom. The van der Waals surface area contributed by atoms with E-state index in [9.17, 15) is 9.18 Å². The third-order valence-electron chi connectivity index (χ3n) is 4.72. The second-order valence-corrected chi connectivity index (χ2v) is 6.59. The van der Waals surface area contributed by atoms with Crippen LogP contribution in [0.2, 0.25) is 0 Å². The van der Waals surface area contributed by atoms with Gasteiger partial charge in [0.1, 0.15) is 5.82 Å². The Morgan fingerprint density at radius 2 is 1.96 bits per heavy atom. The molecule has 1 amide bonds. The van der Waals surface area contributed by atoms with Gasteiger partial charge in [0.2, 0.25) is 5.91 Å². The van der Waals surface area contributed by atoms with Crippen LogP contribution in [0.25, 0.3) is 11.3 Å². The quantitative estimate of drug-likeness (QED) is 0.843. The van der Waals surface area contributed by atoms with Crippen LogP contribution in [0.3, 0.4) is 0 Å². The molecule has 25 heavy (non-hydrogen) atoms. The molecule has 5 nitrogen and oxygen atoms in total. The van der Waals surface area contributed by atoms with E-state index in [-0.39, 0.29) is 24.4 Å². The van der Waals surface area contributed by atoms with E-state index >= 15 is 0 Å². The van der Waals surface area contributed by atoms with Crippen molar-refractivity contribution >= 4 is 5.91 Å². The van der Waals surface area contributed by atoms with E-state index in [4.69, 9.17) is 9.52 Å². The van der Waals surface area contributed by atoms with Crippen LogP contribution in [-0.2, 0) is 11.2 Å². The Balaban J connectivity index is 1.46. The number of aromatic nitrogens is 1. The summed E-state index contributed by atoms with van der Waals surface area (Å²) in [6.07, 6.45) is 6.11. The highest BCUT2D eigenvalue weighted by atomic mass is 19.1. The molecule has 0 unspecified atom stereocenters. The van der Waals surface area contributed by atoms with Crippen molar-refractivity contribution in [1.29, 1.82) is 0 Å². The van der Waals surface area contributed by atoms with Gasteiger partial charge >= 0.3 is 0 Å².